The Balaban J connectivity index is 1.81. The smallest absolute Gasteiger partial charge is 0.306 e. The third kappa shape index (κ3) is 3.78. The Morgan fingerprint density at radius 2 is 1.91 bits per heavy atom. The van der Waals surface area contributed by atoms with E-state index in [9.17, 15) is 14.3 Å². The second-order valence-corrected chi connectivity index (χ2v) is 10.1. The van der Waals surface area contributed by atoms with E-state index in [-0.39, 0.29) is 23.1 Å². The topological polar surface area (TPSA) is 80.1 Å². The van der Waals surface area contributed by atoms with Gasteiger partial charge in [-0.25, -0.2) is 4.39 Å². The molecule has 1 fully saturated rings. The Labute approximate surface area is 197 Å². The second-order valence-electron chi connectivity index (χ2n) is 10.1. The number of carboxylic acids is 1. The molecule has 178 valence electrons. The van der Waals surface area contributed by atoms with Gasteiger partial charge in [-0.05, 0) is 73.6 Å². The van der Waals surface area contributed by atoms with Gasteiger partial charge in [-0.15, -0.1) is 0 Å². The first kappa shape index (κ1) is 22.6. The molecule has 0 bridgehead atoms. The third-order valence-electron chi connectivity index (χ3n) is 7.28. The molecule has 1 aliphatic carbocycles. The number of aromatic nitrogens is 3. The summed E-state index contributed by atoms with van der Waals surface area (Å²) < 4.78 is 21.7. The fourth-order valence-electron chi connectivity index (χ4n) is 5.75. The highest BCUT2D eigenvalue weighted by molar-refractivity contribution is 5.99. The number of hydrogen-bond acceptors (Lipinski definition) is 3. The van der Waals surface area contributed by atoms with Crippen LogP contribution >= 0.6 is 0 Å². The largest absolute Gasteiger partial charge is 0.481 e. The van der Waals surface area contributed by atoms with Crippen molar-refractivity contribution in [2.75, 3.05) is 13.7 Å². The number of fused-ring (bicyclic) bond motifs is 2. The van der Waals surface area contributed by atoms with Gasteiger partial charge >= 0.3 is 5.97 Å². The molecule has 2 heterocycles. The Morgan fingerprint density at radius 3 is 2.56 bits per heavy atom. The minimum absolute atomic E-state index is 0.228. The van der Waals surface area contributed by atoms with Crippen molar-refractivity contribution in [3.63, 3.8) is 0 Å². The highest BCUT2D eigenvalue weighted by Gasteiger charge is 2.36. The molecule has 6 nitrogen and oxygen atoms in total. The number of hydrogen-bond donors (Lipinski definition) is 2. The number of rotatable bonds is 6. The van der Waals surface area contributed by atoms with Gasteiger partial charge in [0.2, 0.25) is 0 Å². The number of carboxylic acid groups (broad SMARTS) is 1. The molecule has 0 aliphatic heterocycles. The number of methoxy groups -OCH3 is 1. The van der Waals surface area contributed by atoms with Crippen molar-refractivity contribution < 1.29 is 19.0 Å². The van der Waals surface area contributed by atoms with Gasteiger partial charge in [0.1, 0.15) is 5.82 Å². The highest BCUT2D eigenvalue weighted by atomic mass is 19.1. The first-order valence-corrected chi connectivity index (χ1v) is 11.8. The summed E-state index contributed by atoms with van der Waals surface area (Å²) in [6.45, 7) is 4.86. The predicted octanol–water partition coefficient (Wildman–Crippen LogP) is 5.93. The minimum atomic E-state index is -0.703. The SMILES string of the molecule is COCC(C)(C)c1c(C2CCC(C(=O)O)CC2)c2cc3[nH]ncc3cc2n1-c1ccc(F)cc1. The maximum atomic E-state index is 13.8. The van der Waals surface area contributed by atoms with E-state index in [1.54, 1.807) is 7.11 Å². The van der Waals surface area contributed by atoms with Crippen molar-refractivity contribution in [2.24, 2.45) is 5.92 Å². The number of ether oxygens (including phenoxy) is 1. The average molecular weight is 464 g/mol. The van der Waals surface area contributed by atoms with Crippen LogP contribution in [-0.2, 0) is 14.9 Å². The van der Waals surface area contributed by atoms with Crippen molar-refractivity contribution in [1.82, 2.24) is 14.8 Å². The van der Waals surface area contributed by atoms with Crippen LogP contribution in [0.4, 0.5) is 4.39 Å². The number of H-pyrrole nitrogens is 1. The molecule has 0 saturated heterocycles. The zero-order valence-electron chi connectivity index (χ0n) is 19.8. The summed E-state index contributed by atoms with van der Waals surface area (Å²) in [5.41, 5.74) is 4.92. The number of aliphatic carboxylic acids is 1. The number of aromatic amines is 1. The summed E-state index contributed by atoms with van der Waals surface area (Å²) in [6, 6.07) is 10.9. The number of nitrogens with zero attached hydrogens (tertiary/aromatic N) is 2. The number of halogens is 1. The maximum absolute atomic E-state index is 13.8. The Kier molecular flexibility index (Phi) is 5.68. The van der Waals surface area contributed by atoms with Gasteiger partial charge < -0.3 is 14.4 Å². The lowest BCUT2D eigenvalue weighted by Crippen LogP contribution is -2.29. The summed E-state index contributed by atoms with van der Waals surface area (Å²) in [6.07, 6.45) is 4.78. The van der Waals surface area contributed by atoms with Crippen LogP contribution in [0.2, 0.25) is 0 Å². The van der Waals surface area contributed by atoms with Crippen LogP contribution in [0.5, 0.6) is 0 Å². The molecule has 0 radical (unpaired) electrons. The normalized spacial score (nSPS) is 19.2. The van der Waals surface area contributed by atoms with Gasteiger partial charge in [-0.3, -0.25) is 9.89 Å². The molecule has 0 spiro atoms. The van der Waals surface area contributed by atoms with Crippen molar-refractivity contribution >= 4 is 27.8 Å². The number of carbonyl (C=O) groups is 1. The molecular weight excluding hydrogens is 433 g/mol. The molecule has 1 aliphatic rings. The fourth-order valence-corrected chi connectivity index (χ4v) is 5.75. The molecular formula is C27H30FN3O3. The van der Waals surface area contributed by atoms with Gasteiger partial charge in [0.25, 0.3) is 0 Å². The molecule has 4 aromatic rings. The van der Waals surface area contributed by atoms with Crippen LogP contribution < -0.4 is 0 Å². The molecule has 0 unspecified atom stereocenters. The zero-order valence-corrected chi connectivity index (χ0v) is 19.8. The van der Waals surface area contributed by atoms with Crippen LogP contribution in [0.15, 0.2) is 42.6 Å². The molecule has 2 aromatic carbocycles. The maximum Gasteiger partial charge on any atom is 0.306 e. The van der Waals surface area contributed by atoms with E-state index in [4.69, 9.17) is 4.74 Å². The molecule has 5 rings (SSSR count). The summed E-state index contributed by atoms with van der Waals surface area (Å²) in [5, 5.41) is 19.0. The van der Waals surface area contributed by atoms with Crippen molar-refractivity contribution in [3.8, 4) is 5.69 Å². The second kappa shape index (κ2) is 8.55. The summed E-state index contributed by atoms with van der Waals surface area (Å²) >= 11 is 0. The van der Waals surface area contributed by atoms with Gasteiger partial charge in [0, 0.05) is 34.7 Å². The van der Waals surface area contributed by atoms with Crippen LogP contribution in [0.1, 0.15) is 56.7 Å². The molecule has 2 N–H and O–H groups in total. The van der Waals surface area contributed by atoms with Crippen molar-refractivity contribution in [2.45, 2.75) is 50.9 Å². The van der Waals surface area contributed by atoms with E-state index in [0.29, 0.717) is 19.4 Å². The van der Waals surface area contributed by atoms with Crippen LogP contribution in [0.3, 0.4) is 0 Å². The standard InChI is InChI=1S/C27H30FN3O3/c1-27(2,15-34-3)25-24(16-4-6-17(7-5-16)26(32)33)21-13-22-18(14-29-30-22)12-23(21)31(25)20-10-8-19(28)9-11-20/h8-14,16-17H,4-7,15H2,1-3H3,(H,29,30)(H,32,33). The lowest BCUT2D eigenvalue weighted by Gasteiger charge is -2.32. The van der Waals surface area contributed by atoms with Gasteiger partial charge in [0.05, 0.1) is 29.8 Å². The Hall–Kier alpha value is -3.19. The Bertz CT molecular complexity index is 1350. The van der Waals surface area contributed by atoms with Crippen LogP contribution in [-0.4, -0.2) is 39.6 Å². The number of nitrogens with one attached hydrogen (secondary N) is 1. The van der Waals surface area contributed by atoms with Crippen LogP contribution in [0, 0.1) is 11.7 Å². The molecule has 7 heteroatoms. The van der Waals surface area contributed by atoms with Gasteiger partial charge in [0.15, 0.2) is 0 Å². The summed E-state index contributed by atoms with van der Waals surface area (Å²) in [4.78, 5) is 11.6. The van der Waals surface area contributed by atoms with E-state index in [2.05, 4.69) is 40.7 Å². The zero-order chi connectivity index (χ0) is 24.0. The van der Waals surface area contributed by atoms with Crippen molar-refractivity contribution in [1.29, 1.82) is 0 Å². The lowest BCUT2D eigenvalue weighted by atomic mass is 9.75. The van der Waals surface area contributed by atoms with E-state index >= 15 is 0 Å². The Morgan fingerprint density at radius 1 is 1.21 bits per heavy atom. The molecule has 2 aromatic heterocycles. The molecule has 34 heavy (non-hydrogen) atoms. The van der Waals surface area contributed by atoms with Crippen molar-refractivity contribution in [3.05, 3.63) is 59.7 Å². The van der Waals surface area contributed by atoms with E-state index < -0.39 is 5.97 Å². The van der Waals surface area contributed by atoms with Gasteiger partial charge in [-0.1, -0.05) is 13.8 Å². The predicted molar refractivity (Wildman–Crippen MR) is 130 cm³/mol. The van der Waals surface area contributed by atoms with E-state index in [0.717, 1.165) is 46.0 Å². The monoisotopic (exact) mass is 463 g/mol. The molecule has 1 saturated carbocycles. The first-order valence-electron chi connectivity index (χ1n) is 11.8. The summed E-state index contributed by atoms with van der Waals surface area (Å²) in [5.74, 6) is -1.03. The molecule has 0 amide bonds. The van der Waals surface area contributed by atoms with E-state index in [1.807, 2.05) is 18.3 Å². The fraction of sp³-hybridized carbons (Fsp3) is 0.407. The molecule has 0 atom stereocenters. The third-order valence-corrected chi connectivity index (χ3v) is 7.28. The highest BCUT2D eigenvalue weighted by Crippen LogP contribution is 2.47. The number of benzene rings is 2. The minimum Gasteiger partial charge on any atom is -0.481 e. The van der Waals surface area contributed by atoms with Gasteiger partial charge in [-0.2, -0.15) is 5.10 Å². The van der Waals surface area contributed by atoms with E-state index in [1.165, 1.54) is 17.7 Å². The average Bonchev–Trinajstić information content (AvgIpc) is 3.40. The lowest BCUT2D eigenvalue weighted by molar-refractivity contribution is -0.142. The first-order chi connectivity index (χ1) is 16.3. The summed E-state index contributed by atoms with van der Waals surface area (Å²) in [7, 11) is 1.71. The quantitative estimate of drug-likeness (QED) is 0.371. The van der Waals surface area contributed by atoms with Crippen LogP contribution in [0.25, 0.3) is 27.5 Å².